The number of esters is 1. The van der Waals surface area contributed by atoms with E-state index in [1.165, 1.54) is 0 Å². The van der Waals surface area contributed by atoms with Gasteiger partial charge < -0.3 is 9.84 Å². The predicted octanol–water partition coefficient (Wildman–Crippen LogP) is 2.22. The second-order valence-corrected chi connectivity index (χ2v) is 4.36. The summed E-state index contributed by atoms with van der Waals surface area (Å²) in [7, 11) is 0. The lowest BCUT2D eigenvalue weighted by Gasteiger charge is -2.26. The molecule has 0 aliphatic heterocycles. The van der Waals surface area contributed by atoms with E-state index in [0.29, 0.717) is 19.4 Å². The molecule has 1 rings (SSSR count). The van der Waals surface area contributed by atoms with Crippen molar-refractivity contribution in [1.82, 2.24) is 0 Å². The summed E-state index contributed by atoms with van der Waals surface area (Å²) in [6.45, 7) is 2.44. The zero-order valence-electron chi connectivity index (χ0n) is 9.78. The molecule has 2 atom stereocenters. The second-order valence-electron chi connectivity index (χ2n) is 4.36. The highest BCUT2D eigenvalue weighted by Gasteiger charge is 2.36. The maximum Gasteiger partial charge on any atom is 0.309 e. The first-order chi connectivity index (χ1) is 7.66. The first-order valence-electron chi connectivity index (χ1n) is 6.06. The lowest BCUT2D eigenvalue weighted by atomic mass is 9.79. The van der Waals surface area contributed by atoms with E-state index in [1.54, 1.807) is 0 Å². The predicted molar refractivity (Wildman–Crippen MR) is 59.0 cm³/mol. The third-order valence-electron chi connectivity index (χ3n) is 3.13. The van der Waals surface area contributed by atoms with Crippen LogP contribution in [0.25, 0.3) is 0 Å². The van der Waals surface area contributed by atoms with Gasteiger partial charge in [0.25, 0.3) is 0 Å². The topological polar surface area (TPSA) is 63.6 Å². The van der Waals surface area contributed by atoms with Gasteiger partial charge in [0.2, 0.25) is 0 Å². The number of hydrogen-bond donors (Lipinski definition) is 1. The number of carboxylic acids is 1. The van der Waals surface area contributed by atoms with E-state index in [1.807, 2.05) is 6.92 Å². The van der Waals surface area contributed by atoms with Crippen LogP contribution in [0.3, 0.4) is 0 Å². The Balaban J connectivity index is 2.47. The second kappa shape index (κ2) is 6.51. The Labute approximate surface area is 96.0 Å². The third kappa shape index (κ3) is 3.51. The molecule has 1 aliphatic rings. The molecule has 0 aromatic carbocycles. The summed E-state index contributed by atoms with van der Waals surface area (Å²) in [4.78, 5) is 22.7. The average Bonchev–Trinajstić information content (AvgIpc) is 2.29. The highest BCUT2D eigenvalue weighted by Crippen LogP contribution is 2.31. The van der Waals surface area contributed by atoms with Gasteiger partial charge >= 0.3 is 11.9 Å². The highest BCUT2D eigenvalue weighted by molar-refractivity contribution is 5.81. The molecule has 1 fully saturated rings. The zero-order chi connectivity index (χ0) is 12.0. The van der Waals surface area contributed by atoms with Crippen LogP contribution in [-0.4, -0.2) is 23.7 Å². The van der Waals surface area contributed by atoms with Crippen LogP contribution in [0.4, 0.5) is 0 Å². The molecule has 0 amide bonds. The van der Waals surface area contributed by atoms with Crippen LogP contribution in [-0.2, 0) is 14.3 Å². The fraction of sp³-hybridized carbons (Fsp3) is 0.833. The van der Waals surface area contributed by atoms with Crippen molar-refractivity contribution < 1.29 is 19.4 Å². The third-order valence-corrected chi connectivity index (χ3v) is 3.13. The van der Waals surface area contributed by atoms with Crippen LogP contribution in [0.5, 0.6) is 0 Å². The Kier molecular flexibility index (Phi) is 5.29. The molecule has 0 aromatic heterocycles. The number of carboxylic acid groups (broad SMARTS) is 1. The van der Waals surface area contributed by atoms with Crippen LogP contribution in [0.1, 0.15) is 45.4 Å². The summed E-state index contributed by atoms with van der Waals surface area (Å²) in [5.41, 5.74) is 0. The SMILES string of the molecule is CCCCOC(=O)C1CCCC[C@H]1C(=O)O. The largest absolute Gasteiger partial charge is 0.481 e. The number of aliphatic carboxylic acids is 1. The number of carbonyl (C=O) groups excluding carboxylic acids is 1. The average molecular weight is 228 g/mol. The van der Waals surface area contributed by atoms with Crippen molar-refractivity contribution in [2.75, 3.05) is 6.61 Å². The van der Waals surface area contributed by atoms with Gasteiger partial charge in [-0.05, 0) is 19.3 Å². The maximum atomic E-state index is 11.7. The van der Waals surface area contributed by atoms with Gasteiger partial charge in [0.15, 0.2) is 0 Å². The first kappa shape index (κ1) is 13.0. The molecule has 1 N–H and O–H groups in total. The van der Waals surface area contributed by atoms with Gasteiger partial charge in [-0.2, -0.15) is 0 Å². The molecule has 0 aromatic rings. The van der Waals surface area contributed by atoms with E-state index in [4.69, 9.17) is 9.84 Å². The summed E-state index contributed by atoms with van der Waals surface area (Å²) >= 11 is 0. The lowest BCUT2D eigenvalue weighted by Crippen LogP contribution is -2.33. The van der Waals surface area contributed by atoms with Crippen molar-refractivity contribution >= 4 is 11.9 Å². The van der Waals surface area contributed by atoms with E-state index in [-0.39, 0.29) is 5.97 Å². The van der Waals surface area contributed by atoms with Gasteiger partial charge in [-0.25, -0.2) is 0 Å². The van der Waals surface area contributed by atoms with Crippen LogP contribution >= 0.6 is 0 Å². The molecule has 0 bridgehead atoms. The minimum Gasteiger partial charge on any atom is -0.481 e. The van der Waals surface area contributed by atoms with E-state index in [2.05, 4.69) is 0 Å². The van der Waals surface area contributed by atoms with Crippen molar-refractivity contribution in [3.05, 3.63) is 0 Å². The van der Waals surface area contributed by atoms with Crippen molar-refractivity contribution in [3.8, 4) is 0 Å². The van der Waals surface area contributed by atoms with E-state index in [0.717, 1.165) is 25.7 Å². The smallest absolute Gasteiger partial charge is 0.309 e. The molecular formula is C12H20O4. The Morgan fingerprint density at radius 1 is 1.25 bits per heavy atom. The number of rotatable bonds is 5. The van der Waals surface area contributed by atoms with Crippen LogP contribution in [0.2, 0.25) is 0 Å². The van der Waals surface area contributed by atoms with Crippen LogP contribution < -0.4 is 0 Å². The molecule has 4 nitrogen and oxygen atoms in total. The van der Waals surface area contributed by atoms with Gasteiger partial charge in [0.05, 0.1) is 18.4 Å². The normalized spacial score (nSPS) is 25.1. The number of ether oxygens (including phenoxy) is 1. The summed E-state index contributed by atoms with van der Waals surface area (Å²) in [5.74, 6) is -2.15. The minimum atomic E-state index is -0.864. The van der Waals surface area contributed by atoms with Gasteiger partial charge in [0, 0.05) is 0 Å². The number of carbonyl (C=O) groups is 2. The fourth-order valence-electron chi connectivity index (χ4n) is 2.13. The van der Waals surface area contributed by atoms with Crippen molar-refractivity contribution in [2.45, 2.75) is 45.4 Å². The van der Waals surface area contributed by atoms with Crippen LogP contribution in [0, 0.1) is 11.8 Å². The van der Waals surface area contributed by atoms with Crippen molar-refractivity contribution in [2.24, 2.45) is 11.8 Å². The molecule has 1 aliphatic carbocycles. The molecule has 0 saturated heterocycles. The van der Waals surface area contributed by atoms with Gasteiger partial charge in [-0.1, -0.05) is 26.2 Å². The molecule has 92 valence electrons. The highest BCUT2D eigenvalue weighted by atomic mass is 16.5. The zero-order valence-corrected chi connectivity index (χ0v) is 9.78. The Bertz CT molecular complexity index is 249. The Hall–Kier alpha value is -1.06. The molecule has 1 saturated carbocycles. The molecule has 4 heteroatoms. The molecule has 1 unspecified atom stereocenters. The monoisotopic (exact) mass is 228 g/mol. The minimum absolute atomic E-state index is 0.319. The summed E-state index contributed by atoms with van der Waals surface area (Å²) in [5, 5.41) is 9.02. The first-order valence-corrected chi connectivity index (χ1v) is 6.06. The van der Waals surface area contributed by atoms with Gasteiger partial charge in [-0.3, -0.25) is 9.59 Å². The molecular weight excluding hydrogens is 208 g/mol. The van der Waals surface area contributed by atoms with E-state index in [9.17, 15) is 9.59 Å². The maximum absolute atomic E-state index is 11.7. The van der Waals surface area contributed by atoms with Crippen molar-refractivity contribution in [1.29, 1.82) is 0 Å². The van der Waals surface area contributed by atoms with E-state index >= 15 is 0 Å². The number of unbranched alkanes of at least 4 members (excludes halogenated alkanes) is 1. The quantitative estimate of drug-likeness (QED) is 0.579. The molecule has 0 spiro atoms. The fourth-order valence-corrected chi connectivity index (χ4v) is 2.13. The molecule has 16 heavy (non-hydrogen) atoms. The van der Waals surface area contributed by atoms with Gasteiger partial charge in [-0.15, -0.1) is 0 Å². The molecule has 0 heterocycles. The Morgan fingerprint density at radius 3 is 2.44 bits per heavy atom. The van der Waals surface area contributed by atoms with Crippen LogP contribution in [0.15, 0.2) is 0 Å². The summed E-state index contributed by atoms with van der Waals surface area (Å²) in [6, 6.07) is 0. The molecule has 0 radical (unpaired) electrons. The number of hydrogen-bond acceptors (Lipinski definition) is 3. The Morgan fingerprint density at radius 2 is 1.88 bits per heavy atom. The van der Waals surface area contributed by atoms with Gasteiger partial charge in [0.1, 0.15) is 0 Å². The van der Waals surface area contributed by atoms with Crippen molar-refractivity contribution in [3.63, 3.8) is 0 Å². The summed E-state index contributed by atoms with van der Waals surface area (Å²) < 4.78 is 5.10. The summed E-state index contributed by atoms with van der Waals surface area (Å²) in [6.07, 6.45) is 4.90. The lowest BCUT2D eigenvalue weighted by molar-refractivity contribution is -0.159. The standard InChI is InChI=1S/C12H20O4/c1-2-3-8-16-12(15)10-7-5-4-6-9(10)11(13)14/h9-10H,2-8H2,1H3,(H,13,14)/t9-,10?/m1/s1. The van der Waals surface area contributed by atoms with E-state index < -0.39 is 17.8 Å².